The van der Waals surface area contributed by atoms with E-state index in [1.54, 1.807) is 0 Å². The van der Waals surface area contributed by atoms with Crippen LogP contribution in [0.2, 0.25) is 0 Å². The van der Waals surface area contributed by atoms with Gasteiger partial charge in [0.1, 0.15) is 201 Å². The van der Waals surface area contributed by atoms with Crippen LogP contribution in [0, 0.1) is 11.8 Å². The Morgan fingerprint density at radius 1 is 0.299 bits per heavy atom. The lowest BCUT2D eigenvalue weighted by Gasteiger charge is -2.50. The van der Waals surface area contributed by atoms with Crippen molar-refractivity contribution in [1.29, 1.82) is 0 Å². The number of methoxy groups -OCH3 is 2. The summed E-state index contributed by atoms with van der Waals surface area (Å²) in [5, 5.41) is 274. The van der Waals surface area contributed by atoms with Gasteiger partial charge < -0.3 is 244 Å². The second-order valence-corrected chi connectivity index (χ2v) is 32.0. The molecule has 20 unspecified atom stereocenters. The second kappa shape index (κ2) is 44.4. The zero-order valence-corrected chi connectivity index (χ0v) is 68.8. The van der Waals surface area contributed by atoms with Crippen LogP contribution in [-0.2, 0) is 128 Å². The van der Waals surface area contributed by atoms with Crippen LogP contribution >= 0.6 is 0 Å². The number of carbonyl (C=O) groups is 8. The molecule has 6 amide bonds. The van der Waals surface area contributed by atoms with Gasteiger partial charge in [-0.1, -0.05) is 13.8 Å². The number of aliphatic hydroxyl groups is 22. The number of rotatable bonds is 31. The van der Waals surface area contributed by atoms with E-state index in [4.69, 9.17) is 90.0 Å². The fourth-order valence-electron chi connectivity index (χ4n) is 16.3. The summed E-state index contributed by atoms with van der Waals surface area (Å²) in [7, 11) is 2.15. The number of aldehydes is 1. The summed E-state index contributed by atoms with van der Waals surface area (Å²) in [6, 6.07) is -7.19. The SMILES string of the molecule is CO[C@@H]1OC(CO)[C@@H](O)[C@H](OC2OC(C(=O)NC3O[C@H](O[C@H]4OC(CNC(=O)C5O[C@@H](O[C@@H]6C(NC(C)=O)[C@H](OC)OC(CO)[C@H]6O)C(O)[C@@H](O)[C@@H]5O[C@@H]5OC(CO)[C@@H](O)[C@H](O[C@@H]6OC(C(=O)O)[C@@H](C)[C@H](O)C6O)C5NC(C)=O)[C@@H](O)[C@H](O)C4O)C(O)[C@@H](O)[C@@H]3O)[C@@H](O[C@@H]3OC(CO)[C@@H](O)[C@H](O[C@@H]4OC(C=O)[C@@H](C)[C@H](O)C4O)C3NC(C)=O)[C@H](O)[C@@H]2O)C1NC(C)=O. The van der Waals surface area contributed by atoms with Gasteiger partial charge in [-0.25, -0.2) is 4.79 Å². The van der Waals surface area contributed by atoms with Crippen LogP contribution in [0.25, 0.3) is 0 Å². The maximum absolute atomic E-state index is 15.3. The predicted molar refractivity (Wildman–Crippen MR) is 391 cm³/mol. The lowest BCUT2D eigenvalue weighted by molar-refractivity contribution is -0.376. The minimum Gasteiger partial charge on any atom is -0.479 e. The number of amides is 6. The van der Waals surface area contributed by atoms with Crippen molar-refractivity contribution in [3.63, 3.8) is 0 Å². The van der Waals surface area contributed by atoms with E-state index in [1.807, 2.05) is 0 Å². The molecule has 728 valence electrons. The molecule has 0 radical (unpaired) electrons. The van der Waals surface area contributed by atoms with E-state index in [9.17, 15) is 146 Å². The number of carboxylic acids is 1. The number of aliphatic hydroxyl groups excluding tert-OH is 22. The van der Waals surface area contributed by atoms with Crippen LogP contribution in [0.5, 0.6) is 0 Å². The average Bonchev–Trinajstić information content (AvgIpc) is 0.761. The highest BCUT2D eigenvalue weighted by atomic mass is 16.8. The van der Waals surface area contributed by atoms with Crippen LogP contribution in [0.3, 0.4) is 0 Å². The minimum atomic E-state index is -2.63. The van der Waals surface area contributed by atoms with Crippen molar-refractivity contribution in [3.05, 3.63) is 0 Å². The third kappa shape index (κ3) is 22.5. The maximum atomic E-state index is 15.3. The lowest BCUT2D eigenvalue weighted by Crippen LogP contribution is -2.71. The standard InChI is InChI=1S/C71H114N6O50/c1-15-22(10-78)112-66(43(99)31(15)87)118-52-29(75-19(5)85)65(116-25(13-81)36(52)92)123-55-41(97)48(104)70(120-51-28(74-18(4)84)63(110-8)114-24(12-80)35(51)91)125-57(55)59(106)77-60-42(98)39(95)46(102)71(126-60)127-67-45(101)38(94)33(89)21(111-67)9-72-58(105)56-54(40(96)47(103)69(124-56)119-50-27(73-17(3)83)62(109-7)113-23(11-79)34(50)90)122-64-30(76-20(6)86)53(37(93)26(14-82)115-64)121-68-44(100)32(88)16(2)49(117-68)61(107)108/h10,15-16,21-57,60,62-71,79-82,87-104H,9,11-14H2,1-8H3,(H,72,105)(H,73,83)(H,74,84)(H,75,85)(H,76,86)(H,77,106)(H,107,108)/t15-,16+,21?,22?,23?,24?,25?,26?,27?,28?,29?,30?,31+,32+,33-,34-,35-,36-,37-,38+,39+,40-,41-,42+,43?,44?,45?,46?,47?,48+,49?,50-,51-,52-,53-,54+,55+,56?,57?,60?,62-,63-,64+,65+,66+,67-,68+,69-,70?,71-/m1/s1. The van der Waals surface area contributed by atoms with Gasteiger partial charge in [-0.05, 0) is 0 Å². The first-order valence-corrected chi connectivity index (χ1v) is 40.1. The molecule has 0 bridgehead atoms. The van der Waals surface area contributed by atoms with Crippen LogP contribution in [0.1, 0.15) is 41.5 Å². The molecule has 10 fully saturated rings. The Morgan fingerprint density at radius 3 is 0.961 bits per heavy atom. The molecule has 56 heteroatoms. The van der Waals surface area contributed by atoms with E-state index in [0.29, 0.717) is 0 Å². The van der Waals surface area contributed by atoms with Gasteiger partial charge in [0.05, 0.1) is 38.6 Å². The van der Waals surface area contributed by atoms with Crippen molar-refractivity contribution < 1.29 is 246 Å². The summed E-state index contributed by atoms with van der Waals surface area (Å²) in [4.78, 5) is 106. The summed E-state index contributed by atoms with van der Waals surface area (Å²) < 4.78 is 110. The lowest BCUT2D eigenvalue weighted by atomic mass is 9.90. The average molecular weight is 1850 g/mol. The number of ether oxygens (including phenoxy) is 19. The Balaban J connectivity index is 0.933. The molecule has 10 rings (SSSR count). The summed E-state index contributed by atoms with van der Waals surface area (Å²) in [5.74, 6) is -10.9. The first-order valence-electron chi connectivity index (χ1n) is 40.1. The van der Waals surface area contributed by atoms with Gasteiger partial charge in [0, 0.05) is 60.3 Å². The molecule has 0 aromatic rings. The normalized spacial score (nSPS) is 48.0. The summed E-state index contributed by atoms with van der Waals surface area (Å²) in [6.45, 7) is 0.954. The molecule has 0 aromatic carbocycles. The quantitative estimate of drug-likeness (QED) is 0.0287. The molecule has 10 heterocycles. The third-order valence-electron chi connectivity index (χ3n) is 23.3. The molecule has 0 aliphatic carbocycles. The molecular formula is C71H114N6O50. The first-order chi connectivity index (χ1) is 59.9. The predicted octanol–water partition coefficient (Wildman–Crippen LogP) is -19.9. The Hall–Kier alpha value is -5.68. The van der Waals surface area contributed by atoms with Crippen LogP contribution in [0.15, 0.2) is 0 Å². The van der Waals surface area contributed by atoms with Crippen molar-refractivity contribution >= 4 is 47.7 Å². The zero-order valence-electron chi connectivity index (χ0n) is 68.8. The van der Waals surface area contributed by atoms with Crippen LogP contribution in [-0.4, -0.2) is 507 Å². The number of nitrogens with one attached hydrogen (secondary N) is 6. The van der Waals surface area contributed by atoms with Crippen molar-refractivity contribution in [2.24, 2.45) is 11.8 Å². The van der Waals surface area contributed by atoms with Gasteiger partial charge in [-0.2, -0.15) is 0 Å². The van der Waals surface area contributed by atoms with Crippen molar-refractivity contribution in [3.8, 4) is 0 Å². The topological polar surface area (TPSA) is 849 Å². The molecule has 0 spiro atoms. The maximum Gasteiger partial charge on any atom is 0.333 e. The Morgan fingerprint density at radius 2 is 0.598 bits per heavy atom. The van der Waals surface area contributed by atoms with Gasteiger partial charge in [-0.3, -0.25) is 28.8 Å². The summed E-state index contributed by atoms with van der Waals surface area (Å²) in [5.41, 5.74) is 0. The Kier molecular flexibility index (Phi) is 36.2. The largest absolute Gasteiger partial charge is 0.479 e. The molecular weight excluding hydrogens is 1740 g/mol. The van der Waals surface area contributed by atoms with E-state index in [0.717, 1.165) is 41.9 Å². The van der Waals surface area contributed by atoms with Gasteiger partial charge in [0.2, 0.25) is 23.6 Å². The molecule has 10 aliphatic heterocycles. The number of hydrogen-bond acceptors (Lipinski definition) is 49. The van der Waals surface area contributed by atoms with Gasteiger partial charge >= 0.3 is 5.97 Å². The highest BCUT2D eigenvalue weighted by molar-refractivity contribution is 5.83. The zero-order chi connectivity index (χ0) is 93.8. The summed E-state index contributed by atoms with van der Waals surface area (Å²) in [6.07, 6.45) is -95.9. The molecule has 127 heavy (non-hydrogen) atoms. The fourth-order valence-corrected chi connectivity index (χ4v) is 16.3. The molecule has 50 atom stereocenters. The first kappa shape index (κ1) is 103. The van der Waals surface area contributed by atoms with E-state index < -0.39 is 381 Å². The molecule has 10 saturated heterocycles. The smallest absolute Gasteiger partial charge is 0.333 e. The number of hydrogen-bond donors (Lipinski definition) is 29. The molecule has 0 aromatic heterocycles. The van der Waals surface area contributed by atoms with E-state index in [-0.39, 0.29) is 6.29 Å². The number of carbonyl (C=O) groups excluding carboxylic acids is 7. The van der Waals surface area contributed by atoms with E-state index in [1.165, 1.54) is 13.8 Å². The molecule has 29 N–H and O–H groups in total. The molecule has 10 aliphatic rings. The van der Waals surface area contributed by atoms with Crippen molar-refractivity contribution in [2.45, 2.75) is 336 Å². The second-order valence-electron chi connectivity index (χ2n) is 32.0. The highest BCUT2D eigenvalue weighted by Gasteiger charge is 2.63. The van der Waals surface area contributed by atoms with Crippen LogP contribution in [0.4, 0.5) is 0 Å². The minimum absolute atomic E-state index is 0.255. The third-order valence-corrected chi connectivity index (χ3v) is 23.3. The van der Waals surface area contributed by atoms with Crippen molar-refractivity contribution in [2.75, 3.05) is 47.2 Å². The number of aliphatic carboxylic acids is 1. The fraction of sp³-hybridized carbons (Fsp3) is 0.887. The van der Waals surface area contributed by atoms with E-state index in [2.05, 4.69) is 31.9 Å². The molecule has 0 saturated carbocycles. The molecule has 56 nitrogen and oxygen atoms in total. The van der Waals surface area contributed by atoms with Gasteiger partial charge in [0.15, 0.2) is 87.4 Å². The van der Waals surface area contributed by atoms with Crippen molar-refractivity contribution in [1.82, 2.24) is 31.9 Å². The Labute approximate surface area is 718 Å². The number of carboxylic acid groups (broad SMARTS) is 1. The summed E-state index contributed by atoms with van der Waals surface area (Å²) >= 11 is 0. The highest BCUT2D eigenvalue weighted by Crippen LogP contribution is 2.41. The Bertz CT molecular complexity index is 3640. The van der Waals surface area contributed by atoms with Crippen LogP contribution < -0.4 is 31.9 Å². The van der Waals surface area contributed by atoms with Gasteiger partial charge in [-0.15, -0.1) is 0 Å². The monoisotopic (exact) mass is 1850 g/mol. The van der Waals surface area contributed by atoms with E-state index >= 15 is 9.59 Å². The van der Waals surface area contributed by atoms with Gasteiger partial charge in [0.25, 0.3) is 11.8 Å².